The van der Waals surface area contributed by atoms with Crippen LogP contribution in [0.4, 0.5) is 5.69 Å². The standard InChI is InChI=1S/C29H41N3O5S/c1-4-25(29(34)30-24-16-9-6-10-17-24)31(22-23-14-7-5-8-15-23)28(33)20-13-21-32(38(3,35)36)26-18-11-12-19-27(26)37-2/h5,7-8,11-12,14-15,18-19,24-25H,4,6,9-10,13,16-17,20-22H2,1-3H3,(H,30,34)/t25-/m0/s1. The minimum absolute atomic E-state index is 0.112. The smallest absolute Gasteiger partial charge is 0.243 e. The molecule has 0 aromatic heterocycles. The zero-order valence-corrected chi connectivity index (χ0v) is 23.6. The second-order valence-corrected chi connectivity index (χ2v) is 11.8. The van der Waals surface area contributed by atoms with Gasteiger partial charge in [-0.25, -0.2) is 8.42 Å². The number of carbonyl (C=O) groups excluding carboxylic acids is 2. The summed E-state index contributed by atoms with van der Waals surface area (Å²) in [5.41, 5.74) is 1.38. The number of ether oxygens (including phenoxy) is 1. The highest BCUT2D eigenvalue weighted by molar-refractivity contribution is 7.92. The van der Waals surface area contributed by atoms with Crippen molar-refractivity contribution in [3.05, 3.63) is 60.2 Å². The summed E-state index contributed by atoms with van der Waals surface area (Å²) in [7, 11) is -2.11. The first-order chi connectivity index (χ1) is 18.2. The van der Waals surface area contributed by atoms with Crippen molar-refractivity contribution in [3.8, 4) is 5.75 Å². The van der Waals surface area contributed by atoms with Crippen molar-refractivity contribution < 1.29 is 22.7 Å². The van der Waals surface area contributed by atoms with Crippen LogP contribution in [0.3, 0.4) is 0 Å². The predicted molar refractivity (Wildman–Crippen MR) is 151 cm³/mol. The van der Waals surface area contributed by atoms with E-state index in [1.165, 1.54) is 17.8 Å². The van der Waals surface area contributed by atoms with Crippen LogP contribution in [0.15, 0.2) is 54.6 Å². The van der Waals surface area contributed by atoms with Gasteiger partial charge in [-0.15, -0.1) is 0 Å². The number of amides is 2. The molecule has 1 saturated carbocycles. The molecule has 208 valence electrons. The van der Waals surface area contributed by atoms with Gasteiger partial charge in [0, 0.05) is 25.6 Å². The number of rotatable bonds is 13. The van der Waals surface area contributed by atoms with E-state index in [2.05, 4.69) is 5.32 Å². The van der Waals surface area contributed by atoms with Gasteiger partial charge in [0.25, 0.3) is 0 Å². The SMILES string of the molecule is CC[C@@H](C(=O)NC1CCCCC1)N(Cc1ccccc1)C(=O)CCCN(c1ccccc1OC)S(C)(=O)=O. The first-order valence-corrected chi connectivity index (χ1v) is 15.3. The first-order valence-electron chi connectivity index (χ1n) is 13.5. The average Bonchev–Trinajstić information content (AvgIpc) is 2.91. The summed E-state index contributed by atoms with van der Waals surface area (Å²) in [6.45, 7) is 2.36. The average molecular weight is 544 g/mol. The second-order valence-electron chi connectivity index (χ2n) is 9.89. The molecule has 0 unspecified atom stereocenters. The van der Waals surface area contributed by atoms with E-state index >= 15 is 0 Å². The number of hydrogen-bond donors (Lipinski definition) is 1. The number of sulfonamides is 1. The second kappa shape index (κ2) is 14.2. The van der Waals surface area contributed by atoms with Crippen LogP contribution in [0.1, 0.15) is 63.9 Å². The Hall–Kier alpha value is -3.07. The molecule has 38 heavy (non-hydrogen) atoms. The van der Waals surface area contributed by atoms with Crippen molar-refractivity contribution in [2.75, 3.05) is 24.2 Å². The Morgan fingerprint density at radius 2 is 1.68 bits per heavy atom. The minimum Gasteiger partial charge on any atom is -0.495 e. The number of benzene rings is 2. The van der Waals surface area contributed by atoms with Crippen molar-refractivity contribution in [1.29, 1.82) is 0 Å². The van der Waals surface area contributed by atoms with E-state index in [1.54, 1.807) is 29.2 Å². The third-order valence-corrected chi connectivity index (χ3v) is 8.22. The lowest BCUT2D eigenvalue weighted by molar-refractivity contribution is -0.141. The van der Waals surface area contributed by atoms with Crippen LogP contribution in [0, 0.1) is 0 Å². The molecule has 0 saturated heterocycles. The van der Waals surface area contributed by atoms with Crippen molar-refractivity contribution in [3.63, 3.8) is 0 Å². The number of methoxy groups -OCH3 is 1. The molecule has 2 aromatic carbocycles. The van der Waals surface area contributed by atoms with Gasteiger partial charge in [-0.2, -0.15) is 0 Å². The molecule has 0 radical (unpaired) electrons. The molecule has 1 N–H and O–H groups in total. The van der Waals surface area contributed by atoms with Crippen LogP contribution < -0.4 is 14.4 Å². The summed E-state index contributed by atoms with van der Waals surface area (Å²) < 4.78 is 31.8. The Morgan fingerprint density at radius 1 is 1.03 bits per heavy atom. The number of hydrogen-bond acceptors (Lipinski definition) is 5. The molecule has 1 aliphatic rings. The fraction of sp³-hybridized carbons (Fsp3) is 0.517. The first kappa shape index (κ1) is 29.5. The normalized spacial score (nSPS) is 14.9. The molecular formula is C29H41N3O5S. The number of nitrogens with zero attached hydrogens (tertiary/aromatic N) is 2. The monoisotopic (exact) mass is 543 g/mol. The van der Waals surface area contributed by atoms with Crippen LogP contribution >= 0.6 is 0 Å². The van der Waals surface area contributed by atoms with E-state index in [0.717, 1.165) is 37.5 Å². The topological polar surface area (TPSA) is 96.0 Å². The van der Waals surface area contributed by atoms with Gasteiger partial charge in [0.1, 0.15) is 11.8 Å². The van der Waals surface area contributed by atoms with Crippen LogP contribution in [0.25, 0.3) is 0 Å². The van der Waals surface area contributed by atoms with Gasteiger partial charge in [-0.3, -0.25) is 13.9 Å². The Bertz CT molecular complexity index is 1150. The highest BCUT2D eigenvalue weighted by Crippen LogP contribution is 2.30. The highest BCUT2D eigenvalue weighted by atomic mass is 32.2. The van der Waals surface area contributed by atoms with Crippen molar-refractivity contribution in [1.82, 2.24) is 10.2 Å². The Morgan fingerprint density at radius 3 is 2.32 bits per heavy atom. The molecule has 9 heteroatoms. The van der Waals surface area contributed by atoms with E-state index in [0.29, 0.717) is 30.8 Å². The maximum absolute atomic E-state index is 13.6. The van der Waals surface area contributed by atoms with Crippen LogP contribution in [-0.4, -0.2) is 57.1 Å². The van der Waals surface area contributed by atoms with E-state index in [1.807, 2.05) is 37.3 Å². The lowest BCUT2D eigenvalue weighted by Crippen LogP contribution is -2.51. The van der Waals surface area contributed by atoms with Crippen molar-refractivity contribution in [2.45, 2.75) is 76.9 Å². The van der Waals surface area contributed by atoms with Crippen LogP contribution in [0.2, 0.25) is 0 Å². The van der Waals surface area contributed by atoms with Gasteiger partial charge < -0.3 is 15.0 Å². The summed E-state index contributed by atoms with van der Waals surface area (Å²) in [6.07, 6.45) is 7.41. The Labute approximate surface area is 227 Å². The Balaban J connectivity index is 1.75. The molecule has 2 aromatic rings. The molecule has 0 spiro atoms. The fourth-order valence-corrected chi connectivity index (χ4v) is 6.03. The lowest BCUT2D eigenvalue weighted by atomic mass is 9.95. The van der Waals surface area contributed by atoms with Crippen molar-refractivity contribution >= 4 is 27.5 Å². The molecule has 0 aliphatic heterocycles. The fourth-order valence-electron chi connectivity index (χ4n) is 5.06. The van der Waals surface area contributed by atoms with Gasteiger partial charge in [0.05, 0.1) is 19.1 Å². The van der Waals surface area contributed by atoms with Crippen LogP contribution in [0.5, 0.6) is 5.75 Å². The molecule has 0 bridgehead atoms. The number of para-hydroxylation sites is 2. The van der Waals surface area contributed by atoms with E-state index in [9.17, 15) is 18.0 Å². The summed E-state index contributed by atoms with van der Waals surface area (Å²) in [6, 6.07) is 16.1. The maximum atomic E-state index is 13.6. The molecule has 1 aliphatic carbocycles. The summed E-state index contributed by atoms with van der Waals surface area (Å²) >= 11 is 0. The van der Waals surface area contributed by atoms with Gasteiger partial charge in [0.15, 0.2) is 0 Å². The van der Waals surface area contributed by atoms with Crippen LogP contribution in [-0.2, 0) is 26.2 Å². The minimum atomic E-state index is -3.60. The highest BCUT2D eigenvalue weighted by Gasteiger charge is 2.30. The third-order valence-electron chi connectivity index (χ3n) is 7.04. The van der Waals surface area contributed by atoms with E-state index < -0.39 is 16.1 Å². The zero-order valence-electron chi connectivity index (χ0n) is 22.8. The van der Waals surface area contributed by atoms with Gasteiger partial charge in [-0.05, 0) is 43.4 Å². The molecule has 3 rings (SSSR count). The number of nitrogens with one attached hydrogen (secondary N) is 1. The predicted octanol–water partition coefficient (Wildman–Crippen LogP) is 4.50. The quantitative estimate of drug-likeness (QED) is 0.401. The maximum Gasteiger partial charge on any atom is 0.243 e. The number of anilines is 1. The van der Waals surface area contributed by atoms with Crippen molar-refractivity contribution in [2.24, 2.45) is 0 Å². The van der Waals surface area contributed by atoms with Gasteiger partial charge in [0.2, 0.25) is 21.8 Å². The van der Waals surface area contributed by atoms with Gasteiger partial charge >= 0.3 is 0 Å². The van der Waals surface area contributed by atoms with E-state index in [4.69, 9.17) is 4.74 Å². The largest absolute Gasteiger partial charge is 0.495 e. The summed E-state index contributed by atoms with van der Waals surface area (Å²) in [5.74, 6) is 0.156. The summed E-state index contributed by atoms with van der Waals surface area (Å²) in [5, 5.41) is 3.19. The molecule has 1 atom stereocenters. The molecular weight excluding hydrogens is 502 g/mol. The van der Waals surface area contributed by atoms with E-state index in [-0.39, 0.29) is 30.8 Å². The molecule has 8 nitrogen and oxygen atoms in total. The summed E-state index contributed by atoms with van der Waals surface area (Å²) in [4.78, 5) is 28.6. The van der Waals surface area contributed by atoms with Gasteiger partial charge in [-0.1, -0.05) is 68.7 Å². The molecule has 2 amide bonds. The molecule has 0 heterocycles. The molecule has 1 fully saturated rings. The lowest BCUT2D eigenvalue weighted by Gasteiger charge is -2.33. The number of carbonyl (C=O) groups is 2. The zero-order chi connectivity index (χ0) is 27.5. The Kier molecular flexibility index (Phi) is 11.0. The third kappa shape index (κ3) is 8.21.